The molecule has 3 rings (SSSR count). The van der Waals surface area contributed by atoms with E-state index in [1.54, 1.807) is 12.1 Å². The molecule has 168 valence electrons. The van der Waals surface area contributed by atoms with Crippen LogP contribution >= 0.6 is 0 Å². The minimum absolute atomic E-state index is 0.00103. The van der Waals surface area contributed by atoms with Gasteiger partial charge in [0.1, 0.15) is 5.71 Å². The summed E-state index contributed by atoms with van der Waals surface area (Å²) in [5.74, 6) is -1.81. The fourth-order valence-corrected chi connectivity index (χ4v) is 5.03. The van der Waals surface area contributed by atoms with Gasteiger partial charge in [0.25, 0.3) is 5.91 Å². The molecule has 2 aliphatic rings. The minimum Gasteiger partial charge on any atom is -0.448 e. The average molecular weight is 451 g/mol. The van der Waals surface area contributed by atoms with Crippen molar-refractivity contribution >= 4 is 44.7 Å². The molecule has 2 heterocycles. The number of hydrogen-bond donors (Lipinski definition) is 1. The zero-order chi connectivity index (χ0) is 22.8. The van der Waals surface area contributed by atoms with Crippen molar-refractivity contribution in [2.45, 2.75) is 38.3 Å². The van der Waals surface area contributed by atoms with Crippen molar-refractivity contribution in [1.29, 1.82) is 0 Å². The number of amides is 2. The Morgan fingerprint density at radius 3 is 2.48 bits per heavy atom. The highest BCUT2D eigenvalue weighted by Gasteiger charge is 2.37. The van der Waals surface area contributed by atoms with Crippen LogP contribution in [0.25, 0.3) is 0 Å². The molecule has 2 aliphatic heterocycles. The van der Waals surface area contributed by atoms with Crippen molar-refractivity contribution < 1.29 is 27.5 Å². The zero-order valence-electron chi connectivity index (χ0n) is 17.7. The van der Waals surface area contributed by atoms with Crippen LogP contribution in [0, 0.1) is 0 Å². The Balaban J connectivity index is 1.61. The predicted octanol–water partition coefficient (Wildman–Crippen LogP) is 0.788. The number of benzene rings is 1. The molecule has 0 bridgehead atoms. The highest BCUT2D eigenvalue weighted by molar-refractivity contribution is 7.91. The first-order valence-corrected chi connectivity index (χ1v) is 11.8. The monoisotopic (exact) mass is 450 g/mol. The molecule has 11 heteroatoms. The second kappa shape index (κ2) is 9.04. The smallest absolute Gasteiger partial charge is 0.355 e. The molecule has 31 heavy (non-hydrogen) atoms. The molecule has 1 fully saturated rings. The van der Waals surface area contributed by atoms with Gasteiger partial charge in [0.15, 0.2) is 15.9 Å². The maximum absolute atomic E-state index is 12.5. The number of anilines is 2. The third-order valence-electron chi connectivity index (χ3n) is 5.15. The molecule has 2 atom stereocenters. The Kier molecular flexibility index (Phi) is 6.63. The summed E-state index contributed by atoms with van der Waals surface area (Å²) in [4.78, 5) is 39.0. The van der Waals surface area contributed by atoms with Gasteiger partial charge in [-0.15, -0.1) is 0 Å². The Morgan fingerprint density at radius 1 is 1.23 bits per heavy atom. The van der Waals surface area contributed by atoms with Crippen molar-refractivity contribution in [3.63, 3.8) is 0 Å². The molecule has 0 aromatic heterocycles. The number of esters is 1. The van der Waals surface area contributed by atoms with Gasteiger partial charge < -0.3 is 15.0 Å². The van der Waals surface area contributed by atoms with E-state index < -0.39 is 33.9 Å². The van der Waals surface area contributed by atoms with Gasteiger partial charge in [0.05, 0.1) is 17.5 Å². The summed E-state index contributed by atoms with van der Waals surface area (Å²) >= 11 is 0. The van der Waals surface area contributed by atoms with E-state index >= 15 is 0 Å². The number of nitrogens with zero attached hydrogens (tertiary/aromatic N) is 3. The summed E-state index contributed by atoms with van der Waals surface area (Å²) in [6.45, 7) is 1.44. The maximum atomic E-state index is 12.5. The van der Waals surface area contributed by atoms with Gasteiger partial charge in [-0.1, -0.05) is 0 Å². The largest absolute Gasteiger partial charge is 0.448 e. The number of sulfone groups is 1. The molecule has 1 aromatic carbocycles. The summed E-state index contributed by atoms with van der Waals surface area (Å²) < 4.78 is 28.6. The van der Waals surface area contributed by atoms with E-state index in [0.29, 0.717) is 5.69 Å². The number of ether oxygens (including phenoxy) is 1. The highest BCUT2D eigenvalue weighted by atomic mass is 32.2. The van der Waals surface area contributed by atoms with Gasteiger partial charge >= 0.3 is 5.97 Å². The van der Waals surface area contributed by atoms with E-state index in [1.807, 2.05) is 31.1 Å². The molecular formula is C20H26N4O6S. The minimum atomic E-state index is -3.21. The number of carbonyl (C=O) groups is 3. The molecular weight excluding hydrogens is 424 g/mol. The van der Waals surface area contributed by atoms with E-state index in [1.165, 1.54) is 6.92 Å². The van der Waals surface area contributed by atoms with Crippen LogP contribution in [0.3, 0.4) is 0 Å². The van der Waals surface area contributed by atoms with E-state index in [4.69, 9.17) is 4.74 Å². The molecule has 0 spiro atoms. The molecule has 0 saturated carbocycles. The first kappa shape index (κ1) is 22.7. The number of nitrogens with one attached hydrogen (secondary N) is 1. The number of carbonyl (C=O) groups excluding carboxylic acids is 3. The molecule has 0 unspecified atom stereocenters. The lowest BCUT2D eigenvalue weighted by atomic mass is 10.1. The van der Waals surface area contributed by atoms with Crippen molar-refractivity contribution in [3.8, 4) is 0 Å². The van der Waals surface area contributed by atoms with Gasteiger partial charge in [-0.05, 0) is 37.6 Å². The quantitative estimate of drug-likeness (QED) is 0.635. The predicted molar refractivity (Wildman–Crippen MR) is 116 cm³/mol. The lowest BCUT2D eigenvalue weighted by Gasteiger charge is -2.27. The Hall–Kier alpha value is -2.95. The molecule has 10 nitrogen and oxygen atoms in total. The second-order valence-electron chi connectivity index (χ2n) is 7.82. The second-order valence-corrected chi connectivity index (χ2v) is 10.0. The fourth-order valence-electron chi connectivity index (χ4n) is 3.34. The van der Waals surface area contributed by atoms with Gasteiger partial charge in [-0.3, -0.25) is 9.59 Å². The van der Waals surface area contributed by atoms with Gasteiger partial charge in [-0.25, -0.2) is 18.2 Å². The molecule has 1 saturated heterocycles. The number of hydrogen-bond acceptors (Lipinski definition) is 8. The number of rotatable bonds is 6. The van der Waals surface area contributed by atoms with Gasteiger partial charge in [0.2, 0.25) is 5.91 Å². The molecule has 1 aromatic rings. The van der Waals surface area contributed by atoms with Crippen LogP contribution in [0.15, 0.2) is 29.4 Å². The summed E-state index contributed by atoms with van der Waals surface area (Å²) in [7, 11) is 0.604. The van der Waals surface area contributed by atoms with Crippen molar-refractivity contribution in [2.75, 3.05) is 35.8 Å². The van der Waals surface area contributed by atoms with E-state index in [9.17, 15) is 22.8 Å². The fraction of sp³-hybridized carbons (Fsp3) is 0.500. The first-order valence-electron chi connectivity index (χ1n) is 9.95. The SMILES string of the molecule is C[C@@H](OC(=O)C1=NN([C@H]2CCS(=O)(=O)C2)C(=O)CC1)C(=O)Nc1ccc(N(C)C)cc1. The van der Waals surface area contributed by atoms with E-state index in [2.05, 4.69) is 10.4 Å². The highest BCUT2D eigenvalue weighted by Crippen LogP contribution is 2.22. The normalized spacial score (nSPS) is 21.3. The van der Waals surface area contributed by atoms with Crippen molar-refractivity contribution in [3.05, 3.63) is 24.3 Å². The maximum Gasteiger partial charge on any atom is 0.355 e. The van der Waals surface area contributed by atoms with Crippen LogP contribution < -0.4 is 10.2 Å². The molecule has 2 amide bonds. The van der Waals surface area contributed by atoms with Crippen LogP contribution in [0.4, 0.5) is 11.4 Å². The van der Waals surface area contributed by atoms with Crippen LogP contribution in [0.1, 0.15) is 26.2 Å². The molecule has 0 aliphatic carbocycles. The summed E-state index contributed by atoms with van der Waals surface area (Å²) in [6, 6.07) is 6.60. The number of hydrazone groups is 1. The van der Waals surface area contributed by atoms with Gasteiger partial charge in [0, 0.05) is 38.3 Å². The summed E-state index contributed by atoms with van der Waals surface area (Å²) in [5.41, 5.74) is 1.54. The molecule has 1 N–H and O–H groups in total. The van der Waals surface area contributed by atoms with Crippen LogP contribution in [0.2, 0.25) is 0 Å². The van der Waals surface area contributed by atoms with Crippen molar-refractivity contribution in [2.24, 2.45) is 5.10 Å². The Morgan fingerprint density at radius 2 is 1.90 bits per heavy atom. The summed E-state index contributed by atoms with van der Waals surface area (Å²) in [5, 5.41) is 7.82. The van der Waals surface area contributed by atoms with Crippen LogP contribution in [0.5, 0.6) is 0 Å². The Labute approximate surface area is 181 Å². The van der Waals surface area contributed by atoms with Gasteiger partial charge in [-0.2, -0.15) is 5.10 Å². The average Bonchev–Trinajstić information content (AvgIpc) is 3.08. The van der Waals surface area contributed by atoms with E-state index in [0.717, 1.165) is 10.7 Å². The topological polar surface area (TPSA) is 125 Å². The Bertz CT molecular complexity index is 1000. The standard InChI is InChI=1S/C20H26N4O6S/c1-13(19(26)21-14-4-6-15(7-5-14)23(2)3)30-20(27)17-8-9-18(25)24(22-17)16-10-11-31(28,29)12-16/h4-7,13,16H,8-12H2,1-3H3,(H,21,26)/t13-,16+/m1/s1. The summed E-state index contributed by atoms with van der Waals surface area (Å²) in [6.07, 6.45) is -0.690. The van der Waals surface area contributed by atoms with Crippen LogP contribution in [-0.2, 0) is 29.0 Å². The zero-order valence-corrected chi connectivity index (χ0v) is 18.5. The van der Waals surface area contributed by atoms with Crippen LogP contribution in [-0.4, -0.2) is 74.7 Å². The van der Waals surface area contributed by atoms with Crippen molar-refractivity contribution in [1.82, 2.24) is 5.01 Å². The third kappa shape index (κ3) is 5.60. The third-order valence-corrected chi connectivity index (χ3v) is 6.90. The lowest BCUT2D eigenvalue weighted by molar-refractivity contribution is -0.147. The first-order chi connectivity index (χ1) is 14.6. The lowest BCUT2D eigenvalue weighted by Crippen LogP contribution is -2.42. The van der Waals surface area contributed by atoms with E-state index in [-0.39, 0.29) is 42.4 Å². The molecule has 0 radical (unpaired) electrons.